The van der Waals surface area contributed by atoms with Gasteiger partial charge in [0.15, 0.2) is 0 Å². The zero-order chi connectivity index (χ0) is 25.8. The molecule has 3 amide bonds. The van der Waals surface area contributed by atoms with E-state index in [1.54, 1.807) is 23.2 Å². The molecule has 3 fully saturated rings. The number of hydrogen-bond acceptors (Lipinski definition) is 5. The summed E-state index contributed by atoms with van der Waals surface area (Å²) in [6, 6.07) is 7.91. The first kappa shape index (κ1) is 25.6. The van der Waals surface area contributed by atoms with Crippen LogP contribution in [0.5, 0.6) is 0 Å². The summed E-state index contributed by atoms with van der Waals surface area (Å²) in [6.45, 7) is 4.45. The van der Waals surface area contributed by atoms with Gasteiger partial charge in [-0.1, -0.05) is 12.1 Å². The van der Waals surface area contributed by atoms with Crippen molar-refractivity contribution in [1.29, 1.82) is 0 Å². The van der Waals surface area contributed by atoms with Gasteiger partial charge in [0.05, 0.1) is 17.9 Å². The summed E-state index contributed by atoms with van der Waals surface area (Å²) in [5, 5.41) is 2.70. The van der Waals surface area contributed by atoms with E-state index in [1.165, 1.54) is 31.9 Å². The number of benzene rings is 1. The molecule has 1 aromatic heterocycles. The van der Waals surface area contributed by atoms with Gasteiger partial charge in [0.25, 0.3) is 0 Å². The van der Waals surface area contributed by atoms with Crippen molar-refractivity contribution in [3.05, 3.63) is 53.5 Å². The number of carbonyl (C=O) groups is 3. The number of carbonyl (C=O) groups excluding carboxylic acids is 3. The Morgan fingerprint density at radius 2 is 1.86 bits per heavy atom. The number of rotatable bonds is 6. The van der Waals surface area contributed by atoms with Crippen molar-refractivity contribution in [2.45, 2.75) is 64.0 Å². The highest BCUT2D eigenvalue weighted by Crippen LogP contribution is 2.42. The normalized spacial score (nSPS) is 21.3. The van der Waals surface area contributed by atoms with E-state index in [1.807, 2.05) is 17.9 Å². The average molecular weight is 496 g/mol. The molecular weight excluding hydrogens is 461 g/mol. The third-order valence-corrected chi connectivity index (χ3v) is 6.93. The highest BCUT2D eigenvalue weighted by atomic mass is 19.1. The molecular formula is C27H34FN5O3. The van der Waals surface area contributed by atoms with Crippen LogP contribution >= 0.6 is 0 Å². The number of nitrogens with zero attached hydrogens (tertiary/aromatic N) is 3. The number of amides is 3. The third kappa shape index (κ3) is 6.59. The lowest BCUT2D eigenvalue weighted by atomic mass is 9.99. The smallest absolute Gasteiger partial charge is 0.223 e. The fourth-order valence-electron chi connectivity index (χ4n) is 4.62. The van der Waals surface area contributed by atoms with Gasteiger partial charge in [-0.25, -0.2) is 9.37 Å². The molecule has 2 heterocycles. The van der Waals surface area contributed by atoms with Gasteiger partial charge >= 0.3 is 0 Å². The summed E-state index contributed by atoms with van der Waals surface area (Å²) < 4.78 is 13.1. The van der Waals surface area contributed by atoms with Crippen LogP contribution in [0.3, 0.4) is 0 Å². The van der Waals surface area contributed by atoms with E-state index in [2.05, 4.69) is 10.3 Å². The van der Waals surface area contributed by atoms with Crippen LogP contribution in [0.15, 0.2) is 36.5 Å². The Hall–Kier alpha value is -3.49. The van der Waals surface area contributed by atoms with Crippen LogP contribution in [0.25, 0.3) is 0 Å². The van der Waals surface area contributed by atoms with Crippen LogP contribution in [0, 0.1) is 11.7 Å². The maximum atomic E-state index is 13.1. The third-order valence-electron chi connectivity index (χ3n) is 6.93. The first-order valence-corrected chi connectivity index (χ1v) is 12.5. The molecule has 5 rings (SSSR count). The lowest BCUT2D eigenvalue weighted by molar-refractivity contribution is -0.141. The molecule has 3 N–H and O–H groups in total. The maximum Gasteiger partial charge on any atom is 0.223 e. The Labute approximate surface area is 211 Å². The summed E-state index contributed by atoms with van der Waals surface area (Å²) in [7, 11) is 0. The highest BCUT2D eigenvalue weighted by Gasteiger charge is 2.36. The Balaban J connectivity index is 0.000000187. The van der Waals surface area contributed by atoms with E-state index in [0.717, 1.165) is 36.1 Å². The van der Waals surface area contributed by atoms with Crippen LogP contribution < -0.4 is 11.1 Å². The molecule has 2 aromatic rings. The van der Waals surface area contributed by atoms with Crippen molar-refractivity contribution in [3.63, 3.8) is 0 Å². The standard InChI is InChI=1S/C17H21FN2O2.C10H13N3O/c1-12-9-19(11-21)16(14-4-6-15(18)7-5-14)10-20(12)17(22)8-13-2-3-13;1-6(14)13-8-4-9(7-2-3-7)10(11)12-5-8/h4-7,11-13,16H,2-3,8-10H2,1H3;4-5,7H,2-3H2,1H3,(H2,11,12)(H,13,14). The molecule has 2 unspecified atom stereocenters. The largest absolute Gasteiger partial charge is 0.383 e. The molecule has 1 saturated heterocycles. The molecule has 0 bridgehead atoms. The van der Waals surface area contributed by atoms with Gasteiger partial charge in [-0.15, -0.1) is 0 Å². The number of hydrogen-bond donors (Lipinski definition) is 2. The van der Waals surface area contributed by atoms with Crippen LogP contribution in [-0.2, 0) is 14.4 Å². The predicted molar refractivity (Wildman–Crippen MR) is 135 cm³/mol. The molecule has 0 spiro atoms. The van der Waals surface area contributed by atoms with E-state index in [-0.39, 0.29) is 29.7 Å². The minimum atomic E-state index is -0.299. The SMILES string of the molecule is CC(=O)Nc1cnc(N)c(C2CC2)c1.CC1CN(C=O)C(c2ccc(F)cc2)CN1C(=O)CC1CC1. The highest BCUT2D eigenvalue weighted by molar-refractivity contribution is 5.88. The molecule has 2 saturated carbocycles. The lowest BCUT2D eigenvalue weighted by Gasteiger charge is -2.44. The number of piperazine rings is 1. The topological polar surface area (TPSA) is 109 Å². The van der Waals surface area contributed by atoms with Gasteiger partial charge in [0.1, 0.15) is 11.6 Å². The van der Waals surface area contributed by atoms with Crippen molar-refractivity contribution < 1.29 is 18.8 Å². The molecule has 2 aliphatic carbocycles. The Morgan fingerprint density at radius 3 is 2.44 bits per heavy atom. The summed E-state index contributed by atoms with van der Waals surface area (Å²) in [5.74, 6) is 1.48. The fourth-order valence-corrected chi connectivity index (χ4v) is 4.62. The van der Waals surface area contributed by atoms with Crippen molar-refractivity contribution in [2.75, 3.05) is 24.1 Å². The van der Waals surface area contributed by atoms with E-state index < -0.39 is 0 Å². The van der Waals surface area contributed by atoms with Gasteiger partial charge in [-0.2, -0.15) is 0 Å². The van der Waals surface area contributed by atoms with E-state index >= 15 is 0 Å². The molecule has 36 heavy (non-hydrogen) atoms. The molecule has 3 aliphatic rings. The maximum absolute atomic E-state index is 13.1. The molecule has 1 aliphatic heterocycles. The summed E-state index contributed by atoms with van der Waals surface area (Å²) >= 11 is 0. The van der Waals surface area contributed by atoms with Gasteiger partial charge in [-0.3, -0.25) is 14.4 Å². The number of nitrogen functional groups attached to an aromatic ring is 1. The number of pyridine rings is 1. The number of nitrogens with one attached hydrogen (secondary N) is 1. The lowest BCUT2D eigenvalue weighted by Crippen LogP contribution is -2.54. The van der Waals surface area contributed by atoms with Gasteiger partial charge < -0.3 is 20.9 Å². The predicted octanol–water partition coefficient (Wildman–Crippen LogP) is 3.86. The van der Waals surface area contributed by atoms with Gasteiger partial charge in [0.2, 0.25) is 18.2 Å². The molecule has 1 aromatic carbocycles. The van der Waals surface area contributed by atoms with Gasteiger partial charge in [0, 0.05) is 32.5 Å². The molecule has 0 radical (unpaired) electrons. The first-order chi connectivity index (χ1) is 17.2. The number of aromatic nitrogens is 1. The molecule has 2 atom stereocenters. The van der Waals surface area contributed by atoms with Crippen molar-refractivity contribution >= 4 is 29.7 Å². The Bertz CT molecular complexity index is 1100. The Kier molecular flexibility index (Phi) is 7.86. The van der Waals surface area contributed by atoms with Crippen LogP contribution in [0.2, 0.25) is 0 Å². The second kappa shape index (κ2) is 11.1. The van der Waals surface area contributed by atoms with Crippen LogP contribution in [0.1, 0.15) is 69.0 Å². The fraction of sp³-hybridized carbons (Fsp3) is 0.481. The average Bonchev–Trinajstić information content (AvgIpc) is 3.76. The van der Waals surface area contributed by atoms with Gasteiger partial charge in [-0.05, 0) is 73.8 Å². The number of anilines is 2. The van der Waals surface area contributed by atoms with Crippen molar-refractivity contribution in [2.24, 2.45) is 5.92 Å². The van der Waals surface area contributed by atoms with E-state index in [9.17, 15) is 18.8 Å². The molecule has 192 valence electrons. The van der Waals surface area contributed by atoms with Crippen molar-refractivity contribution in [1.82, 2.24) is 14.8 Å². The zero-order valence-electron chi connectivity index (χ0n) is 20.8. The summed E-state index contributed by atoms with van der Waals surface area (Å²) in [6.07, 6.45) is 7.67. The second-order valence-electron chi connectivity index (χ2n) is 10.1. The summed E-state index contributed by atoms with van der Waals surface area (Å²) in [4.78, 5) is 42.3. The first-order valence-electron chi connectivity index (χ1n) is 12.5. The van der Waals surface area contributed by atoms with E-state index in [4.69, 9.17) is 5.73 Å². The minimum Gasteiger partial charge on any atom is -0.383 e. The quantitative estimate of drug-likeness (QED) is 0.592. The minimum absolute atomic E-state index is 0.0214. The molecule has 9 heteroatoms. The monoisotopic (exact) mass is 495 g/mol. The van der Waals surface area contributed by atoms with Crippen LogP contribution in [0.4, 0.5) is 15.9 Å². The number of nitrogens with two attached hydrogens (primary N) is 1. The second-order valence-corrected chi connectivity index (χ2v) is 10.1. The van der Waals surface area contributed by atoms with Crippen molar-refractivity contribution in [3.8, 4) is 0 Å². The van der Waals surface area contributed by atoms with Crippen LogP contribution in [-0.4, -0.2) is 52.1 Å². The molecule has 8 nitrogen and oxygen atoms in total. The van der Waals surface area contributed by atoms with E-state index in [0.29, 0.717) is 37.2 Å². The zero-order valence-corrected chi connectivity index (χ0v) is 20.8. The summed E-state index contributed by atoms with van der Waals surface area (Å²) in [5.41, 5.74) is 8.40. The Morgan fingerprint density at radius 1 is 1.17 bits per heavy atom. The number of halogens is 1.